The normalized spacial score (nSPS) is 11.9. The SMILES string of the molecule is COc1cccc(CC(=O)NN=Cc2cc(Cl)ccc2OS(=O)(=O)c2ccc(C(F)(F)F)cc2)c1. The van der Waals surface area contributed by atoms with Gasteiger partial charge in [-0.05, 0) is 60.2 Å². The second-order valence-electron chi connectivity index (χ2n) is 7.06. The Bertz CT molecular complexity index is 1340. The van der Waals surface area contributed by atoms with Crippen LogP contribution in [0.25, 0.3) is 0 Å². The number of nitrogens with one attached hydrogen (secondary N) is 1. The van der Waals surface area contributed by atoms with Crippen LogP contribution < -0.4 is 14.3 Å². The summed E-state index contributed by atoms with van der Waals surface area (Å²) in [7, 11) is -2.97. The fourth-order valence-corrected chi connectivity index (χ4v) is 3.99. The van der Waals surface area contributed by atoms with E-state index in [1.54, 1.807) is 24.3 Å². The van der Waals surface area contributed by atoms with E-state index in [2.05, 4.69) is 10.5 Å². The van der Waals surface area contributed by atoms with Crippen LogP contribution in [0.3, 0.4) is 0 Å². The van der Waals surface area contributed by atoms with Crippen LogP contribution in [-0.4, -0.2) is 27.6 Å². The molecule has 0 saturated heterocycles. The van der Waals surface area contributed by atoms with Crippen molar-refractivity contribution in [3.05, 3.63) is 88.4 Å². The van der Waals surface area contributed by atoms with Crippen molar-refractivity contribution < 1.29 is 35.3 Å². The molecule has 0 atom stereocenters. The summed E-state index contributed by atoms with van der Waals surface area (Å²) in [5, 5.41) is 4.04. The van der Waals surface area contributed by atoms with Crippen LogP contribution in [0, 0.1) is 0 Å². The lowest BCUT2D eigenvalue weighted by Crippen LogP contribution is -2.20. The van der Waals surface area contributed by atoms with E-state index in [1.807, 2.05) is 0 Å². The van der Waals surface area contributed by atoms with Gasteiger partial charge in [0.05, 0.1) is 25.3 Å². The summed E-state index contributed by atoms with van der Waals surface area (Å²) in [6, 6.07) is 13.7. The molecule has 184 valence electrons. The summed E-state index contributed by atoms with van der Waals surface area (Å²) in [6.45, 7) is 0. The van der Waals surface area contributed by atoms with Gasteiger partial charge in [-0.2, -0.15) is 26.7 Å². The van der Waals surface area contributed by atoms with Gasteiger partial charge in [-0.1, -0.05) is 23.7 Å². The standard InChI is InChI=1S/C23H18ClF3N2O5S/c1-33-19-4-2-3-15(11-19)12-22(30)29-28-14-16-13-18(24)7-10-21(16)34-35(31,32)20-8-5-17(6-9-20)23(25,26)27/h2-11,13-14H,12H2,1H3,(H,29,30). The number of carbonyl (C=O) groups excluding carboxylic acids is 1. The average Bonchev–Trinajstić information content (AvgIpc) is 2.80. The molecule has 0 spiro atoms. The number of carbonyl (C=O) groups is 1. The molecule has 0 heterocycles. The lowest BCUT2D eigenvalue weighted by Gasteiger charge is -2.11. The van der Waals surface area contributed by atoms with Gasteiger partial charge in [-0.3, -0.25) is 4.79 Å². The Morgan fingerprint density at radius 1 is 1.09 bits per heavy atom. The maximum atomic E-state index is 12.7. The van der Waals surface area contributed by atoms with E-state index >= 15 is 0 Å². The number of rotatable bonds is 8. The largest absolute Gasteiger partial charge is 0.497 e. The zero-order valence-corrected chi connectivity index (χ0v) is 19.6. The number of halogens is 4. The minimum absolute atomic E-state index is 0.00967. The maximum Gasteiger partial charge on any atom is 0.416 e. The second kappa shape index (κ2) is 10.8. The highest BCUT2D eigenvalue weighted by atomic mass is 35.5. The van der Waals surface area contributed by atoms with Crippen LogP contribution in [0.5, 0.6) is 11.5 Å². The van der Waals surface area contributed by atoms with E-state index in [0.29, 0.717) is 23.4 Å². The molecule has 35 heavy (non-hydrogen) atoms. The zero-order chi connectivity index (χ0) is 25.6. The Hall–Kier alpha value is -3.57. The third kappa shape index (κ3) is 7.20. The number of alkyl halides is 3. The third-order valence-corrected chi connectivity index (χ3v) is 6.02. The molecule has 7 nitrogen and oxygen atoms in total. The van der Waals surface area contributed by atoms with Gasteiger partial charge < -0.3 is 8.92 Å². The van der Waals surface area contributed by atoms with Gasteiger partial charge in [0.2, 0.25) is 5.91 Å². The van der Waals surface area contributed by atoms with E-state index in [4.69, 9.17) is 20.5 Å². The Balaban J connectivity index is 1.73. The van der Waals surface area contributed by atoms with Crippen LogP contribution in [0.15, 0.2) is 76.7 Å². The van der Waals surface area contributed by atoms with Gasteiger partial charge in [0.25, 0.3) is 0 Å². The third-order valence-electron chi connectivity index (χ3n) is 4.53. The van der Waals surface area contributed by atoms with Crippen LogP contribution in [0.1, 0.15) is 16.7 Å². The van der Waals surface area contributed by atoms with E-state index in [1.165, 1.54) is 25.3 Å². The molecule has 1 N–H and O–H groups in total. The molecule has 0 aliphatic rings. The summed E-state index contributed by atoms with van der Waals surface area (Å²) in [5.74, 6) is -0.0507. The maximum absolute atomic E-state index is 12.7. The van der Waals surface area contributed by atoms with Crippen molar-refractivity contribution >= 4 is 33.8 Å². The summed E-state index contributed by atoms with van der Waals surface area (Å²) in [5.41, 5.74) is 2.11. The van der Waals surface area contributed by atoms with Crippen LogP contribution in [0.2, 0.25) is 5.02 Å². The van der Waals surface area contributed by atoms with E-state index in [-0.39, 0.29) is 22.8 Å². The highest BCUT2D eigenvalue weighted by Gasteiger charge is 2.31. The summed E-state index contributed by atoms with van der Waals surface area (Å²) in [6.07, 6.45) is -3.47. The molecule has 12 heteroatoms. The number of ether oxygens (including phenoxy) is 1. The summed E-state index contributed by atoms with van der Waals surface area (Å²) < 4.78 is 73.6. The number of hydrazone groups is 1. The first-order chi connectivity index (χ1) is 16.5. The second-order valence-corrected chi connectivity index (χ2v) is 9.05. The molecule has 0 aliphatic heterocycles. The highest BCUT2D eigenvalue weighted by molar-refractivity contribution is 7.87. The van der Waals surface area contributed by atoms with E-state index in [9.17, 15) is 26.4 Å². The summed E-state index contributed by atoms with van der Waals surface area (Å²) >= 11 is 5.97. The van der Waals surface area contributed by atoms with Crippen molar-refractivity contribution in [1.82, 2.24) is 5.43 Å². The number of methoxy groups -OCH3 is 1. The first kappa shape index (κ1) is 26.0. The fourth-order valence-electron chi connectivity index (χ4n) is 2.85. The molecule has 0 aliphatic carbocycles. The van der Waals surface area contributed by atoms with Gasteiger partial charge in [-0.25, -0.2) is 5.43 Å². The quantitative estimate of drug-likeness (QED) is 0.258. The molecule has 3 aromatic rings. The number of nitrogens with zero attached hydrogens (tertiary/aromatic N) is 1. The van der Waals surface area contributed by atoms with Crippen LogP contribution in [0.4, 0.5) is 13.2 Å². The average molecular weight is 527 g/mol. The number of benzene rings is 3. The smallest absolute Gasteiger partial charge is 0.416 e. The molecule has 3 rings (SSSR count). The Morgan fingerprint density at radius 2 is 1.80 bits per heavy atom. The Labute approximate surface area is 204 Å². The van der Waals surface area contributed by atoms with Gasteiger partial charge >= 0.3 is 16.3 Å². The van der Waals surface area contributed by atoms with Crippen molar-refractivity contribution in [1.29, 1.82) is 0 Å². The molecule has 1 amide bonds. The molecule has 0 radical (unpaired) electrons. The van der Waals surface area contributed by atoms with E-state index < -0.39 is 32.7 Å². The van der Waals surface area contributed by atoms with Crippen molar-refractivity contribution in [2.24, 2.45) is 5.10 Å². The van der Waals surface area contributed by atoms with Crippen LogP contribution >= 0.6 is 11.6 Å². The van der Waals surface area contributed by atoms with Crippen molar-refractivity contribution in [2.45, 2.75) is 17.5 Å². The topological polar surface area (TPSA) is 94.1 Å². The number of amides is 1. The molecule has 0 bridgehead atoms. The van der Waals surface area contributed by atoms with Gasteiger partial charge in [0.15, 0.2) is 5.75 Å². The molecule has 0 unspecified atom stereocenters. The van der Waals surface area contributed by atoms with Gasteiger partial charge in [-0.15, -0.1) is 0 Å². The zero-order valence-electron chi connectivity index (χ0n) is 18.0. The van der Waals surface area contributed by atoms with Gasteiger partial charge in [0.1, 0.15) is 10.6 Å². The predicted octanol–water partition coefficient (Wildman–Crippen LogP) is 4.83. The molecular formula is C23H18ClF3N2O5S. The Kier molecular flexibility index (Phi) is 8.03. The lowest BCUT2D eigenvalue weighted by molar-refractivity contribution is -0.137. The van der Waals surface area contributed by atoms with Crippen LogP contribution in [-0.2, 0) is 27.5 Å². The predicted molar refractivity (Wildman–Crippen MR) is 123 cm³/mol. The monoisotopic (exact) mass is 526 g/mol. The van der Waals surface area contributed by atoms with Crippen molar-refractivity contribution in [3.63, 3.8) is 0 Å². The summed E-state index contributed by atoms with van der Waals surface area (Å²) in [4.78, 5) is 11.7. The molecule has 0 fully saturated rings. The first-order valence-electron chi connectivity index (χ1n) is 9.84. The van der Waals surface area contributed by atoms with Crippen molar-refractivity contribution in [2.75, 3.05) is 7.11 Å². The first-order valence-corrected chi connectivity index (χ1v) is 11.6. The lowest BCUT2D eigenvalue weighted by atomic mass is 10.1. The van der Waals surface area contributed by atoms with E-state index in [0.717, 1.165) is 18.3 Å². The van der Waals surface area contributed by atoms with Gasteiger partial charge in [0, 0.05) is 10.6 Å². The molecule has 0 saturated carbocycles. The minimum atomic E-state index is -4.61. The number of hydrogen-bond donors (Lipinski definition) is 1. The molecule has 0 aromatic heterocycles. The van der Waals surface area contributed by atoms with Crippen molar-refractivity contribution in [3.8, 4) is 11.5 Å². The highest BCUT2D eigenvalue weighted by Crippen LogP contribution is 2.31. The molecular weight excluding hydrogens is 509 g/mol. The number of hydrogen-bond acceptors (Lipinski definition) is 6. The molecule has 3 aromatic carbocycles. The Morgan fingerprint density at radius 3 is 2.46 bits per heavy atom. The minimum Gasteiger partial charge on any atom is -0.497 e. The fraction of sp³-hybridized carbons (Fsp3) is 0.130.